The van der Waals surface area contributed by atoms with E-state index in [1.807, 2.05) is 39.0 Å². The number of hydrogen-bond acceptors (Lipinski definition) is 3. The lowest BCUT2D eigenvalue weighted by atomic mass is 9.72. The summed E-state index contributed by atoms with van der Waals surface area (Å²) in [6, 6.07) is -0.601. The van der Waals surface area contributed by atoms with Gasteiger partial charge in [0.05, 0.1) is 12.6 Å². The first-order valence-corrected chi connectivity index (χ1v) is 11.6. The van der Waals surface area contributed by atoms with Gasteiger partial charge in [-0.25, -0.2) is 0 Å². The van der Waals surface area contributed by atoms with E-state index < -0.39 is 6.04 Å². The van der Waals surface area contributed by atoms with Crippen molar-refractivity contribution < 1.29 is 9.59 Å². The van der Waals surface area contributed by atoms with Crippen molar-refractivity contribution in [3.63, 3.8) is 0 Å². The minimum absolute atomic E-state index is 0.0314. The van der Waals surface area contributed by atoms with Gasteiger partial charge in [0.25, 0.3) is 0 Å². The van der Waals surface area contributed by atoms with Gasteiger partial charge in [-0.05, 0) is 56.9 Å². The lowest BCUT2D eigenvalue weighted by molar-refractivity contribution is -0.127. The van der Waals surface area contributed by atoms with Crippen molar-refractivity contribution in [2.75, 3.05) is 13.1 Å². The Morgan fingerprint density at radius 3 is 2.44 bits per heavy atom. The quantitative estimate of drug-likeness (QED) is 0.428. The predicted molar refractivity (Wildman–Crippen MR) is 135 cm³/mol. The molecule has 1 rings (SSSR count). The van der Waals surface area contributed by atoms with Crippen LogP contribution in [0, 0.1) is 11.3 Å². The molecule has 0 radical (unpaired) electrons. The van der Waals surface area contributed by atoms with E-state index in [1.165, 1.54) is 36.0 Å². The molecular formula is C27H43N3O2. The largest absolute Gasteiger partial charge is 0.351 e. The third-order valence-electron chi connectivity index (χ3n) is 5.94. The van der Waals surface area contributed by atoms with Crippen molar-refractivity contribution in [3.05, 3.63) is 58.7 Å². The molecule has 0 heterocycles. The van der Waals surface area contributed by atoms with E-state index in [-0.39, 0.29) is 29.7 Å². The maximum Gasteiger partial charge on any atom is 0.239 e. The van der Waals surface area contributed by atoms with Gasteiger partial charge in [0, 0.05) is 6.54 Å². The fourth-order valence-electron chi connectivity index (χ4n) is 3.68. The Morgan fingerprint density at radius 2 is 1.81 bits per heavy atom. The van der Waals surface area contributed by atoms with E-state index in [0.29, 0.717) is 6.54 Å². The highest BCUT2D eigenvalue weighted by Gasteiger charge is 2.26. The standard InChI is InChI=1S/C27H43N3O2/c1-19(2)25(28)26(32)30-18-24(31)29-17-15-21(4)11-8-10-20(3)13-14-23-22(5)12-9-16-27(23,6)7/h8,10-11,13-15,19,25H,9,12,16-18,28H2,1-7H3,(H,29,31)(H,30,32). The molecule has 4 N–H and O–H groups in total. The molecule has 2 amide bonds. The fourth-order valence-corrected chi connectivity index (χ4v) is 3.68. The summed E-state index contributed by atoms with van der Waals surface area (Å²) in [7, 11) is 0. The predicted octanol–water partition coefficient (Wildman–Crippen LogP) is 4.73. The van der Waals surface area contributed by atoms with E-state index in [1.54, 1.807) is 0 Å². The van der Waals surface area contributed by atoms with Crippen LogP contribution >= 0.6 is 0 Å². The first kappa shape index (κ1) is 27.6. The number of carbonyl (C=O) groups is 2. The maximum atomic E-state index is 11.9. The van der Waals surface area contributed by atoms with Gasteiger partial charge in [-0.3, -0.25) is 9.59 Å². The van der Waals surface area contributed by atoms with Crippen molar-refractivity contribution in [2.45, 2.75) is 73.8 Å². The van der Waals surface area contributed by atoms with Crippen LogP contribution in [0.5, 0.6) is 0 Å². The summed E-state index contributed by atoms with van der Waals surface area (Å²) in [6.07, 6.45) is 16.2. The zero-order valence-corrected chi connectivity index (χ0v) is 21.0. The molecule has 178 valence electrons. The Bertz CT molecular complexity index is 811. The number of nitrogens with two attached hydrogens (primary N) is 1. The molecule has 0 aliphatic heterocycles. The van der Waals surface area contributed by atoms with Gasteiger partial charge in [-0.15, -0.1) is 0 Å². The SMILES string of the molecule is CC(C=CC1=C(C)CCCC1(C)C)=CC=CC(C)=CCNC(=O)CNC(=O)C(N)C(C)C. The van der Waals surface area contributed by atoms with Gasteiger partial charge in [0.2, 0.25) is 11.8 Å². The Morgan fingerprint density at radius 1 is 1.12 bits per heavy atom. The molecule has 0 spiro atoms. The summed E-state index contributed by atoms with van der Waals surface area (Å²) >= 11 is 0. The smallest absolute Gasteiger partial charge is 0.239 e. The Labute approximate surface area is 195 Å². The minimum atomic E-state index is -0.601. The number of allylic oxidation sites excluding steroid dienone is 9. The van der Waals surface area contributed by atoms with Crippen LogP contribution in [0.4, 0.5) is 0 Å². The molecule has 1 aliphatic rings. The average Bonchev–Trinajstić information content (AvgIpc) is 2.70. The highest BCUT2D eigenvalue weighted by Crippen LogP contribution is 2.40. The second-order valence-corrected chi connectivity index (χ2v) is 9.77. The van der Waals surface area contributed by atoms with Crippen molar-refractivity contribution >= 4 is 11.8 Å². The highest BCUT2D eigenvalue weighted by molar-refractivity contribution is 5.87. The van der Waals surface area contributed by atoms with Crippen molar-refractivity contribution in [3.8, 4) is 0 Å². The average molecular weight is 442 g/mol. The van der Waals surface area contributed by atoms with E-state index in [9.17, 15) is 9.59 Å². The maximum absolute atomic E-state index is 11.9. The summed E-state index contributed by atoms with van der Waals surface area (Å²) in [5, 5.41) is 5.33. The molecule has 0 saturated heterocycles. The molecule has 0 aromatic rings. The summed E-state index contributed by atoms with van der Waals surface area (Å²) in [6.45, 7) is 15.1. The van der Waals surface area contributed by atoms with Crippen LogP contribution in [0.25, 0.3) is 0 Å². The number of nitrogens with one attached hydrogen (secondary N) is 2. The Hall–Kier alpha value is -2.40. The van der Waals surface area contributed by atoms with Crippen LogP contribution in [0.1, 0.15) is 67.7 Å². The second-order valence-electron chi connectivity index (χ2n) is 9.77. The third-order valence-corrected chi connectivity index (χ3v) is 5.94. The zero-order valence-electron chi connectivity index (χ0n) is 21.0. The molecule has 1 unspecified atom stereocenters. The van der Waals surface area contributed by atoms with Crippen molar-refractivity contribution in [1.29, 1.82) is 0 Å². The summed E-state index contributed by atoms with van der Waals surface area (Å²) in [5.74, 6) is -0.512. The molecule has 0 aromatic carbocycles. The summed E-state index contributed by atoms with van der Waals surface area (Å²) < 4.78 is 0. The molecule has 0 aromatic heterocycles. The Balaban J connectivity index is 2.48. The molecule has 5 nitrogen and oxygen atoms in total. The number of hydrogen-bond donors (Lipinski definition) is 3. The number of amides is 2. The first-order chi connectivity index (χ1) is 14.9. The number of carbonyl (C=O) groups excluding carboxylic acids is 2. The Kier molecular flexibility index (Phi) is 11.4. The van der Waals surface area contributed by atoms with E-state index in [4.69, 9.17) is 5.73 Å². The summed E-state index contributed by atoms with van der Waals surface area (Å²) in [5.41, 5.74) is 11.2. The van der Waals surface area contributed by atoms with E-state index >= 15 is 0 Å². The monoisotopic (exact) mass is 441 g/mol. The molecular weight excluding hydrogens is 398 g/mol. The van der Waals surface area contributed by atoms with E-state index in [2.05, 4.69) is 56.6 Å². The van der Waals surface area contributed by atoms with Crippen LogP contribution < -0.4 is 16.4 Å². The molecule has 32 heavy (non-hydrogen) atoms. The van der Waals surface area contributed by atoms with Gasteiger partial charge in [-0.2, -0.15) is 0 Å². The minimum Gasteiger partial charge on any atom is -0.351 e. The highest BCUT2D eigenvalue weighted by atomic mass is 16.2. The topological polar surface area (TPSA) is 84.2 Å². The summed E-state index contributed by atoms with van der Waals surface area (Å²) in [4.78, 5) is 23.6. The van der Waals surface area contributed by atoms with Gasteiger partial charge >= 0.3 is 0 Å². The van der Waals surface area contributed by atoms with Crippen molar-refractivity contribution in [1.82, 2.24) is 10.6 Å². The lowest BCUT2D eigenvalue weighted by Gasteiger charge is -2.32. The van der Waals surface area contributed by atoms with Crippen LogP contribution in [-0.2, 0) is 9.59 Å². The fraction of sp³-hybridized carbons (Fsp3) is 0.556. The number of rotatable bonds is 10. The molecule has 0 bridgehead atoms. The second kappa shape index (κ2) is 13.2. The molecule has 1 aliphatic carbocycles. The lowest BCUT2D eigenvalue weighted by Crippen LogP contribution is -2.47. The van der Waals surface area contributed by atoms with Gasteiger partial charge < -0.3 is 16.4 Å². The van der Waals surface area contributed by atoms with Crippen LogP contribution in [0.2, 0.25) is 0 Å². The first-order valence-electron chi connectivity index (χ1n) is 11.6. The third kappa shape index (κ3) is 9.82. The van der Waals surface area contributed by atoms with Crippen LogP contribution in [0.3, 0.4) is 0 Å². The molecule has 5 heteroatoms. The van der Waals surface area contributed by atoms with Gasteiger partial charge in [0.15, 0.2) is 0 Å². The van der Waals surface area contributed by atoms with Gasteiger partial charge in [-0.1, -0.05) is 80.9 Å². The van der Waals surface area contributed by atoms with Crippen LogP contribution in [0.15, 0.2) is 58.7 Å². The molecule has 0 saturated carbocycles. The zero-order chi connectivity index (χ0) is 24.3. The normalized spacial score (nSPS) is 18.5. The van der Waals surface area contributed by atoms with Crippen LogP contribution in [-0.4, -0.2) is 30.9 Å². The molecule has 0 fully saturated rings. The van der Waals surface area contributed by atoms with Crippen molar-refractivity contribution in [2.24, 2.45) is 17.1 Å². The molecule has 1 atom stereocenters. The van der Waals surface area contributed by atoms with Gasteiger partial charge in [0.1, 0.15) is 0 Å². The van der Waals surface area contributed by atoms with E-state index in [0.717, 1.165) is 5.57 Å².